The Balaban J connectivity index is 1.88. The first kappa shape index (κ1) is 14.9. The van der Waals surface area contributed by atoms with Gasteiger partial charge in [0, 0.05) is 12.1 Å². The summed E-state index contributed by atoms with van der Waals surface area (Å²) >= 11 is 5.10. The molecule has 1 saturated heterocycles. The number of aromatic nitrogens is 2. The number of carbonyl (C=O) groups is 1. The molecule has 1 aliphatic rings. The van der Waals surface area contributed by atoms with Crippen LogP contribution in [0.5, 0.6) is 11.6 Å². The van der Waals surface area contributed by atoms with Crippen LogP contribution in [0.1, 0.15) is 5.69 Å². The molecule has 8 heteroatoms. The fourth-order valence-corrected chi connectivity index (χ4v) is 2.21. The number of anilines is 1. The zero-order chi connectivity index (χ0) is 16.4. The molecule has 3 heterocycles. The lowest BCUT2D eigenvalue weighted by Crippen LogP contribution is -2.28. The summed E-state index contributed by atoms with van der Waals surface area (Å²) < 4.78 is 10.3. The van der Waals surface area contributed by atoms with E-state index in [-0.39, 0.29) is 16.7 Å². The van der Waals surface area contributed by atoms with Gasteiger partial charge in [-0.05, 0) is 30.4 Å². The van der Waals surface area contributed by atoms with Crippen molar-refractivity contribution in [1.29, 1.82) is 0 Å². The molecule has 0 spiro atoms. The number of aromatic hydroxyl groups is 1. The fourth-order valence-electron chi connectivity index (χ4n) is 1.93. The van der Waals surface area contributed by atoms with Crippen molar-refractivity contribution in [3.8, 4) is 11.6 Å². The van der Waals surface area contributed by atoms with Crippen molar-refractivity contribution in [3.05, 3.63) is 48.1 Å². The predicted molar refractivity (Wildman–Crippen MR) is 85.8 cm³/mol. The van der Waals surface area contributed by atoms with Crippen LogP contribution < -0.4 is 9.64 Å². The number of amides is 1. The molecular weight excluding hydrogens is 318 g/mol. The van der Waals surface area contributed by atoms with Crippen molar-refractivity contribution in [2.75, 3.05) is 12.0 Å². The van der Waals surface area contributed by atoms with Crippen LogP contribution in [0.3, 0.4) is 0 Å². The molecule has 1 amide bonds. The Morgan fingerprint density at radius 2 is 2.09 bits per heavy atom. The molecule has 0 radical (unpaired) electrons. The molecule has 7 nitrogen and oxygen atoms in total. The summed E-state index contributed by atoms with van der Waals surface area (Å²) in [6, 6.07) is 6.29. The number of thiocarbonyl (C=S) groups is 1. The van der Waals surface area contributed by atoms with Crippen LogP contribution in [0.15, 0.2) is 42.4 Å². The molecule has 1 N–H and O–H groups in total. The van der Waals surface area contributed by atoms with Gasteiger partial charge in [-0.3, -0.25) is 9.78 Å². The van der Waals surface area contributed by atoms with Crippen LogP contribution >= 0.6 is 12.2 Å². The predicted octanol–water partition coefficient (Wildman–Crippen LogP) is 1.88. The lowest BCUT2D eigenvalue weighted by atomic mass is 10.3. The average molecular weight is 329 g/mol. The van der Waals surface area contributed by atoms with E-state index in [1.165, 1.54) is 36.5 Å². The van der Waals surface area contributed by atoms with Crippen molar-refractivity contribution in [2.24, 2.45) is 0 Å². The highest BCUT2D eigenvalue weighted by molar-refractivity contribution is 7.80. The van der Waals surface area contributed by atoms with Gasteiger partial charge in [-0.1, -0.05) is 0 Å². The van der Waals surface area contributed by atoms with E-state index in [9.17, 15) is 9.90 Å². The average Bonchev–Trinajstić information content (AvgIpc) is 2.84. The second-order valence-electron chi connectivity index (χ2n) is 4.52. The normalized spacial score (nSPS) is 15.9. The quantitative estimate of drug-likeness (QED) is 0.680. The van der Waals surface area contributed by atoms with E-state index < -0.39 is 5.91 Å². The Bertz CT molecular complexity index is 787. The van der Waals surface area contributed by atoms with E-state index in [4.69, 9.17) is 21.7 Å². The Labute approximate surface area is 136 Å². The van der Waals surface area contributed by atoms with E-state index >= 15 is 0 Å². The van der Waals surface area contributed by atoms with E-state index in [1.54, 1.807) is 18.2 Å². The lowest BCUT2D eigenvalue weighted by Gasteiger charge is -2.11. The lowest BCUT2D eigenvalue weighted by molar-refractivity contribution is -0.114. The molecule has 3 rings (SSSR count). The summed E-state index contributed by atoms with van der Waals surface area (Å²) in [6.45, 7) is 0. The van der Waals surface area contributed by atoms with Crippen LogP contribution in [0.2, 0.25) is 0 Å². The Kier molecular flexibility index (Phi) is 3.90. The number of carbonyl (C=O) groups excluding carboxylic acids is 1. The number of ether oxygens (including phenoxy) is 2. The van der Waals surface area contributed by atoms with Crippen LogP contribution in [0, 0.1) is 0 Å². The second-order valence-corrected chi connectivity index (χ2v) is 4.87. The standard InChI is InChI=1S/C15H11N3O4S/c1-21-13-5-3-10(7-17-13)18-14(20)12(22-15(18)23)6-9-2-4-11(19)8-16-9/h2-8,19H,1H3. The molecule has 116 valence electrons. The number of nitrogens with zero attached hydrogens (tertiary/aromatic N) is 3. The minimum absolute atomic E-state index is 0.00648. The van der Waals surface area contributed by atoms with Crippen LogP contribution in [0.4, 0.5) is 5.69 Å². The molecule has 23 heavy (non-hydrogen) atoms. The van der Waals surface area contributed by atoms with Crippen molar-refractivity contribution in [2.45, 2.75) is 0 Å². The molecule has 1 fully saturated rings. The molecular formula is C15H11N3O4S. The minimum atomic E-state index is -0.420. The molecule has 0 atom stereocenters. The maximum atomic E-state index is 12.5. The third-order valence-electron chi connectivity index (χ3n) is 3.03. The first-order chi connectivity index (χ1) is 11.1. The highest BCUT2D eigenvalue weighted by atomic mass is 32.1. The smallest absolute Gasteiger partial charge is 0.301 e. The van der Waals surface area contributed by atoms with Crippen LogP contribution in [-0.2, 0) is 9.53 Å². The van der Waals surface area contributed by atoms with Gasteiger partial charge in [0.1, 0.15) is 5.75 Å². The monoisotopic (exact) mass is 329 g/mol. The zero-order valence-electron chi connectivity index (χ0n) is 12.0. The molecule has 0 aliphatic carbocycles. The van der Waals surface area contributed by atoms with E-state index in [2.05, 4.69) is 9.97 Å². The van der Waals surface area contributed by atoms with Crippen molar-refractivity contribution >= 4 is 35.1 Å². The van der Waals surface area contributed by atoms with E-state index in [0.29, 0.717) is 17.3 Å². The van der Waals surface area contributed by atoms with Crippen molar-refractivity contribution in [1.82, 2.24) is 9.97 Å². The molecule has 2 aromatic rings. The van der Waals surface area contributed by atoms with Crippen LogP contribution in [-0.4, -0.2) is 33.3 Å². The van der Waals surface area contributed by atoms with Crippen molar-refractivity contribution in [3.63, 3.8) is 0 Å². The highest BCUT2D eigenvalue weighted by Gasteiger charge is 2.35. The third kappa shape index (κ3) is 2.97. The van der Waals surface area contributed by atoms with E-state index in [0.717, 1.165) is 0 Å². The van der Waals surface area contributed by atoms with Gasteiger partial charge in [0.2, 0.25) is 5.88 Å². The van der Waals surface area contributed by atoms with Crippen LogP contribution in [0.25, 0.3) is 6.08 Å². The summed E-state index contributed by atoms with van der Waals surface area (Å²) in [5.41, 5.74) is 0.937. The fraction of sp³-hybridized carbons (Fsp3) is 0.0667. The molecule has 0 bridgehead atoms. The number of hydrogen-bond acceptors (Lipinski definition) is 7. The summed E-state index contributed by atoms with van der Waals surface area (Å²) in [5.74, 6) is 0.0874. The molecule has 0 aromatic carbocycles. The van der Waals surface area contributed by atoms with Gasteiger partial charge in [-0.15, -0.1) is 0 Å². The maximum absolute atomic E-state index is 12.5. The number of hydrogen-bond donors (Lipinski definition) is 1. The van der Waals surface area contributed by atoms with E-state index in [1.807, 2.05) is 0 Å². The SMILES string of the molecule is COc1ccc(N2C(=O)C(=Cc3ccc(O)cn3)OC2=S)cn1. The summed E-state index contributed by atoms with van der Waals surface area (Å²) in [4.78, 5) is 21.7. The van der Waals surface area contributed by atoms with Gasteiger partial charge in [-0.2, -0.15) is 0 Å². The Hall–Kier alpha value is -3.00. The van der Waals surface area contributed by atoms with Gasteiger partial charge < -0.3 is 14.6 Å². The summed E-state index contributed by atoms with van der Waals surface area (Å²) in [6.07, 6.45) is 4.19. The van der Waals surface area contributed by atoms with Gasteiger partial charge in [0.15, 0.2) is 5.76 Å². The Morgan fingerprint density at radius 1 is 1.26 bits per heavy atom. The third-order valence-corrected chi connectivity index (χ3v) is 3.30. The van der Waals surface area contributed by atoms with Gasteiger partial charge in [0.25, 0.3) is 5.17 Å². The zero-order valence-corrected chi connectivity index (χ0v) is 12.8. The minimum Gasteiger partial charge on any atom is -0.506 e. The van der Waals surface area contributed by atoms with Gasteiger partial charge in [-0.25, -0.2) is 9.88 Å². The van der Waals surface area contributed by atoms with Gasteiger partial charge in [0.05, 0.1) is 30.9 Å². The molecule has 0 saturated carbocycles. The molecule has 0 unspecified atom stereocenters. The first-order valence-corrected chi connectivity index (χ1v) is 6.92. The Morgan fingerprint density at radius 3 is 2.70 bits per heavy atom. The molecule has 2 aromatic heterocycles. The first-order valence-electron chi connectivity index (χ1n) is 6.51. The maximum Gasteiger partial charge on any atom is 0.301 e. The highest BCUT2D eigenvalue weighted by Crippen LogP contribution is 2.26. The molecule has 1 aliphatic heterocycles. The van der Waals surface area contributed by atoms with Gasteiger partial charge >= 0.3 is 5.91 Å². The topological polar surface area (TPSA) is 84.8 Å². The summed E-state index contributed by atoms with van der Waals surface area (Å²) in [7, 11) is 1.50. The number of pyridine rings is 2. The number of rotatable bonds is 3. The second kappa shape index (κ2) is 6.01. The summed E-state index contributed by atoms with van der Waals surface area (Å²) in [5, 5.41) is 9.22. The largest absolute Gasteiger partial charge is 0.506 e. The van der Waals surface area contributed by atoms with Crippen molar-refractivity contribution < 1.29 is 19.4 Å². The number of methoxy groups -OCH3 is 1.